The molecule has 0 bridgehead atoms. The zero-order chi connectivity index (χ0) is 19.4. The number of halogens is 1. The monoisotopic (exact) mass is 388 g/mol. The van der Waals surface area contributed by atoms with Gasteiger partial charge in [-0.05, 0) is 19.1 Å². The van der Waals surface area contributed by atoms with Gasteiger partial charge >= 0.3 is 0 Å². The molecule has 3 rings (SSSR count). The minimum absolute atomic E-state index is 0.0504. The van der Waals surface area contributed by atoms with Gasteiger partial charge < -0.3 is 20.6 Å². The summed E-state index contributed by atoms with van der Waals surface area (Å²) in [5, 5.41) is 7.15. The largest absolute Gasteiger partial charge is 0.383 e. The van der Waals surface area contributed by atoms with Crippen LogP contribution >= 0.6 is 11.6 Å². The molecule has 1 amide bonds. The maximum Gasteiger partial charge on any atom is 0.256 e. The lowest BCUT2D eigenvalue weighted by Gasteiger charge is -2.05. The van der Waals surface area contributed by atoms with Crippen molar-refractivity contribution in [3.63, 3.8) is 0 Å². The van der Waals surface area contributed by atoms with Crippen molar-refractivity contribution >= 4 is 23.3 Å². The SMILES string of the molecule is Cc1nc(N)c(CC(=O)NCCc2nc(-c3cccc(Cl)c3)no2)c(=O)[nH]1. The number of aromatic nitrogens is 4. The predicted molar refractivity (Wildman–Crippen MR) is 99.2 cm³/mol. The first-order valence-corrected chi connectivity index (χ1v) is 8.50. The van der Waals surface area contributed by atoms with Crippen molar-refractivity contribution in [1.82, 2.24) is 25.4 Å². The van der Waals surface area contributed by atoms with Crippen molar-refractivity contribution in [2.45, 2.75) is 19.8 Å². The molecule has 0 atom stereocenters. The van der Waals surface area contributed by atoms with E-state index in [0.717, 1.165) is 5.56 Å². The van der Waals surface area contributed by atoms with Crippen molar-refractivity contribution in [1.29, 1.82) is 0 Å². The number of nitrogens with zero attached hydrogens (tertiary/aromatic N) is 3. The highest BCUT2D eigenvalue weighted by Gasteiger charge is 2.13. The van der Waals surface area contributed by atoms with Crippen LogP contribution in [0.3, 0.4) is 0 Å². The average Bonchev–Trinajstić information content (AvgIpc) is 3.07. The molecule has 9 nitrogen and oxygen atoms in total. The highest BCUT2D eigenvalue weighted by molar-refractivity contribution is 6.30. The highest BCUT2D eigenvalue weighted by atomic mass is 35.5. The molecular formula is C17H17ClN6O3. The van der Waals surface area contributed by atoms with E-state index in [-0.39, 0.29) is 30.3 Å². The maximum absolute atomic E-state index is 12.0. The quantitative estimate of drug-likeness (QED) is 0.577. The predicted octanol–water partition coefficient (Wildman–Crippen LogP) is 1.27. The normalized spacial score (nSPS) is 10.7. The summed E-state index contributed by atoms with van der Waals surface area (Å²) in [4.78, 5) is 34.6. The summed E-state index contributed by atoms with van der Waals surface area (Å²) in [5.41, 5.74) is 6.16. The molecule has 0 aliphatic heterocycles. The van der Waals surface area contributed by atoms with Gasteiger partial charge in [-0.25, -0.2) is 4.98 Å². The third-order valence-electron chi connectivity index (χ3n) is 3.72. The first kappa shape index (κ1) is 18.6. The fraction of sp³-hybridized carbons (Fsp3) is 0.235. The van der Waals surface area contributed by atoms with Crippen LogP contribution in [0.4, 0.5) is 5.82 Å². The van der Waals surface area contributed by atoms with E-state index < -0.39 is 5.56 Å². The fourth-order valence-corrected chi connectivity index (χ4v) is 2.63. The number of anilines is 1. The Morgan fingerprint density at radius 2 is 2.19 bits per heavy atom. The lowest BCUT2D eigenvalue weighted by atomic mass is 10.2. The highest BCUT2D eigenvalue weighted by Crippen LogP contribution is 2.19. The Labute approximate surface area is 159 Å². The van der Waals surface area contributed by atoms with Crippen LogP contribution in [0.15, 0.2) is 33.6 Å². The van der Waals surface area contributed by atoms with Gasteiger partial charge in [0, 0.05) is 23.6 Å². The molecule has 1 aromatic carbocycles. The zero-order valence-electron chi connectivity index (χ0n) is 14.5. The first-order valence-electron chi connectivity index (χ1n) is 8.13. The van der Waals surface area contributed by atoms with Gasteiger partial charge in [0.2, 0.25) is 17.6 Å². The molecule has 0 spiro atoms. The van der Waals surface area contributed by atoms with Crippen molar-refractivity contribution in [3.05, 3.63) is 56.9 Å². The number of hydrogen-bond donors (Lipinski definition) is 3. The van der Waals surface area contributed by atoms with E-state index >= 15 is 0 Å². The van der Waals surface area contributed by atoms with Gasteiger partial charge in [-0.1, -0.05) is 28.9 Å². The van der Waals surface area contributed by atoms with Gasteiger partial charge in [-0.2, -0.15) is 4.98 Å². The van der Waals surface area contributed by atoms with E-state index in [4.69, 9.17) is 21.9 Å². The molecule has 0 aliphatic carbocycles. The number of H-pyrrole nitrogens is 1. The summed E-state index contributed by atoms with van der Waals surface area (Å²) < 4.78 is 5.17. The number of nitrogens with one attached hydrogen (secondary N) is 2. The van der Waals surface area contributed by atoms with E-state index in [1.807, 2.05) is 6.07 Å². The van der Waals surface area contributed by atoms with E-state index in [2.05, 4.69) is 25.4 Å². The third-order valence-corrected chi connectivity index (χ3v) is 3.95. The van der Waals surface area contributed by atoms with Crippen LogP contribution in [0.5, 0.6) is 0 Å². The number of aromatic amines is 1. The van der Waals surface area contributed by atoms with Crippen molar-refractivity contribution < 1.29 is 9.32 Å². The summed E-state index contributed by atoms with van der Waals surface area (Å²) in [6.07, 6.45) is 0.184. The first-order chi connectivity index (χ1) is 12.9. The van der Waals surface area contributed by atoms with Crippen LogP contribution in [0, 0.1) is 6.92 Å². The molecule has 10 heteroatoms. The van der Waals surface area contributed by atoms with Gasteiger partial charge in [0.05, 0.1) is 12.0 Å². The third kappa shape index (κ3) is 4.70. The molecule has 0 saturated carbocycles. The van der Waals surface area contributed by atoms with Crippen LogP contribution in [0.1, 0.15) is 17.3 Å². The molecule has 2 aromatic heterocycles. The second kappa shape index (κ2) is 8.00. The van der Waals surface area contributed by atoms with Gasteiger partial charge in [-0.15, -0.1) is 0 Å². The van der Waals surface area contributed by atoms with E-state index in [1.165, 1.54) is 0 Å². The molecule has 4 N–H and O–H groups in total. The Kier molecular flexibility index (Phi) is 5.51. The summed E-state index contributed by atoms with van der Waals surface area (Å²) >= 11 is 5.95. The Morgan fingerprint density at radius 3 is 2.93 bits per heavy atom. The standard InChI is InChI=1S/C17H17ClN6O3/c1-9-21-15(19)12(17(26)22-9)8-13(25)20-6-5-14-23-16(24-27-14)10-3-2-4-11(18)7-10/h2-4,7H,5-6,8H2,1H3,(H,20,25)(H3,19,21,22,26). The zero-order valence-corrected chi connectivity index (χ0v) is 15.2. The molecule has 0 fully saturated rings. The second-order valence-electron chi connectivity index (χ2n) is 5.81. The van der Waals surface area contributed by atoms with Gasteiger partial charge in [-0.3, -0.25) is 9.59 Å². The van der Waals surface area contributed by atoms with Crippen molar-refractivity contribution in [3.8, 4) is 11.4 Å². The Morgan fingerprint density at radius 1 is 1.37 bits per heavy atom. The number of nitrogens with two attached hydrogens (primary N) is 1. The van der Waals surface area contributed by atoms with Crippen molar-refractivity contribution in [2.75, 3.05) is 12.3 Å². The minimum Gasteiger partial charge on any atom is -0.383 e. The number of hydrogen-bond acceptors (Lipinski definition) is 7. The van der Waals surface area contributed by atoms with Crippen LogP contribution in [0.25, 0.3) is 11.4 Å². The average molecular weight is 389 g/mol. The van der Waals surface area contributed by atoms with E-state index in [0.29, 0.717) is 29.0 Å². The second-order valence-corrected chi connectivity index (χ2v) is 6.25. The number of aryl methyl sites for hydroxylation is 1. The summed E-state index contributed by atoms with van der Waals surface area (Å²) in [5.74, 6) is 0.888. The molecule has 27 heavy (non-hydrogen) atoms. The van der Waals surface area contributed by atoms with Crippen LogP contribution in [-0.2, 0) is 17.6 Å². The molecular weight excluding hydrogens is 372 g/mol. The van der Waals surface area contributed by atoms with Crippen LogP contribution < -0.4 is 16.6 Å². The summed E-state index contributed by atoms with van der Waals surface area (Å²) in [6, 6.07) is 7.10. The van der Waals surface area contributed by atoms with Gasteiger partial charge in [0.25, 0.3) is 5.56 Å². The van der Waals surface area contributed by atoms with Crippen molar-refractivity contribution in [2.24, 2.45) is 0 Å². The number of nitrogen functional groups attached to an aromatic ring is 1. The Balaban J connectivity index is 1.55. The van der Waals surface area contributed by atoms with E-state index in [9.17, 15) is 9.59 Å². The van der Waals surface area contributed by atoms with Crippen LogP contribution in [0.2, 0.25) is 5.02 Å². The smallest absolute Gasteiger partial charge is 0.256 e. The molecule has 2 heterocycles. The molecule has 140 valence electrons. The number of amides is 1. The lowest BCUT2D eigenvalue weighted by molar-refractivity contribution is -0.120. The number of carbonyl (C=O) groups is 1. The molecule has 0 aliphatic rings. The van der Waals surface area contributed by atoms with Gasteiger partial charge in [0.1, 0.15) is 11.6 Å². The van der Waals surface area contributed by atoms with Crippen LogP contribution in [-0.4, -0.2) is 32.6 Å². The summed E-state index contributed by atoms with van der Waals surface area (Å²) in [7, 11) is 0. The number of benzene rings is 1. The number of rotatable bonds is 6. The minimum atomic E-state index is -0.418. The molecule has 0 saturated heterocycles. The van der Waals surface area contributed by atoms with E-state index in [1.54, 1.807) is 25.1 Å². The Bertz CT molecular complexity index is 1030. The topological polar surface area (TPSA) is 140 Å². The molecule has 0 unspecified atom stereocenters. The summed E-state index contributed by atoms with van der Waals surface area (Å²) in [6.45, 7) is 1.89. The molecule has 3 aromatic rings. The fourth-order valence-electron chi connectivity index (χ4n) is 2.44. The maximum atomic E-state index is 12.0. The Hall–Kier alpha value is -3.20. The number of carbonyl (C=O) groups excluding carboxylic acids is 1. The lowest BCUT2D eigenvalue weighted by Crippen LogP contribution is -2.30. The molecule has 0 radical (unpaired) electrons. The van der Waals surface area contributed by atoms with Gasteiger partial charge in [0.15, 0.2) is 0 Å².